The van der Waals surface area contributed by atoms with Crippen molar-refractivity contribution in [2.75, 3.05) is 13.1 Å². The van der Waals surface area contributed by atoms with Gasteiger partial charge < -0.3 is 10.6 Å². The Bertz CT molecular complexity index is 821. The summed E-state index contributed by atoms with van der Waals surface area (Å²) in [7, 11) is 0. The van der Waals surface area contributed by atoms with Crippen LogP contribution in [-0.4, -0.2) is 44.7 Å². The monoisotopic (exact) mass is 355 g/mol. The number of hydrogen-bond donors (Lipinski definition) is 1. The van der Waals surface area contributed by atoms with Gasteiger partial charge in [-0.1, -0.05) is 0 Å². The lowest BCUT2D eigenvalue weighted by atomic mass is 9.91. The molecule has 1 amide bonds. The van der Waals surface area contributed by atoms with Gasteiger partial charge in [0.2, 0.25) is 0 Å². The molecule has 1 aliphatic heterocycles. The van der Waals surface area contributed by atoms with E-state index in [9.17, 15) is 4.79 Å². The van der Waals surface area contributed by atoms with Crippen molar-refractivity contribution in [3.63, 3.8) is 0 Å². The number of aromatic nitrogens is 3. The van der Waals surface area contributed by atoms with Crippen LogP contribution >= 0.6 is 0 Å². The number of pyridine rings is 1. The molecule has 2 N–H and O–H groups in total. The van der Waals surface area contributed by atoms with Crippen molar-refractivity contribution in [3.05, 3.63) is 23.5 Å². The number of rotatable bonds is 4. The molecule has 3 heterocycles. The van der Waals surface area contributed by atoms with Gasteiger partial charge in [0, 0.05) is 36.8 Å². The summed E-state index contributed by atoms with van der Waals surface area (Å²) in [4.78, 5) is 20.2. The Morgan fingerprint density at radius 3 is 2.69 bits per heavy atom. The Morgan fingerprint density at radius 2 is 2.04 bits per heavy atom. The Labute approximate surface area is 154 Å². The first kappa shape index (κ1) is 17.5. The maximum atomic E-state index is 13.4. The van der Waals surface area contributed by atoms with Crippen LogP contribution in [0.1, 0.15) is 74.5 Å². The smallest absolute Gasteiger partial charge is 0.254 e. The van der Waals surface area contributed by atoms with Crippen LogP contribution in [0.3, 0.4) is 0 Å². The van der Waals surface area contributed by atoms with E-state index in [1.807, 2.05) is 22.6 Å². The van der Waals surface area contributed by atoms with E-state index in [-0.39, 0.29) is 18.0 Å². The van der Waals surface area contributed by atoms with Crippen LogP contribution in [0.15, 0.2) is 12.3 Å². The molecule has 26 heavy (non-hydrogen) atoms. The van der Waals surface area contributed by atoms with E-state index in [0.717, 1.165) is 48.2 Å². The third-order valence-corrected chi connectivity index (χ3v) is 5.79. The first-order chi connectivity index (χ1) is 12.5. The predicted molar refractivity (Wildman–Crippen MR) is 102 cm³/mol. The molecular weight excluding hydrogens is 326 g/mol. The van der Waals surface area contributed by atoms with Crippen molar-refractivity contribution in [2.24, 2.45) is 11.7 Å². The van der Waals surface area contributed by atoms with Crippen LogP contribution in [0.5, 0.6) is 0 Å². The zero-order chi connectivity index (χ0) is 18.4. The standard InChI is InChI=1S/C20H29N5O/c1-12(2)25-19-17(10-22-25)16(9-18(23-19)14-6-7-14)20(26)24-8-4-5-15(11-24)13(3)21/h9-10,12-15H,4-8,11,21H2,1-3H3/t13-,15+/m1/s1. The van der Waals surface area contributed by atoms with Crippen LogP contribution in [-0.2, 0) is 0 Å². The molecule has 1 saturated heterocycles. The van der Waals surface area contributed by atoms with Gasteiger partial charge in [0.15, 0.2) is 5.65 Å². The van der Waals surface area contributed by atoms with Gasteiger partial charge >= 0.3 is 0 Å². The second-order valence-electron chi connectivity index (χ2n) is 8.30. The molecule has 2 fully saturated rings. The van der Waals surface area contributed by atoms with E-state index in [2.05, 4.69) is 18.9 Å². The number of carbonyl (C=O) groups excluding carboxylic acids is 1. The van der Waals surface area contributed by atoms with Crippen LogP contribution in [0.2, 0.25) is 0 Å². The number of carbonyl (C=O) groups is 1. The molecule has 2 aromatic rings. The SMILES string of the molecule is CC(C)n1ncc2c(C(=O)N3CCC[C@H]([C@@H](C)N)C3)cc(C3CC3)nc21. The van der Waals surface area contributed by atoms with Gasteiger partial charge in [-0.25, -0.2) is 9.67 Å². The van der Waals surface area contributed by atoms with Crippen molar-refractivity contribution in [1.82, 2.24) is 19.7 Å². The molecule has 0 spiro atoms. The normalized spacial score (nSPS) is 22.2. The Kier molecular flexibility index (Phi) is 4.47. The van der Waals surface area contributed by atoms with Crippen molar-refractivity contribution >= 4 is 16.9 Å². The second kappa shape index (κ2) is 6.65. The second-order valence-corrected chi connectivity index (χ2v) is 8.30. The highest BCUT2D eigenvalue weighted by Crippen LogP contribution is 2.40. The number of hydrogen-bond acceptors (Lipinski definition) is 4. The quantitative estimate of drug-likeness (QED) is 0.914. The molecule has 0 unspecified atom stereocenters. The fourth-order valence-corrected chi connectivity index (χ4v) is 3.97. The molecule has 6 heteroatoms. The van der Waals surface area contributed by atoms with Gasteiger partial charge in [0.25, 0.3) is 5.91 Å². The molecule has 2 atom stereocenters. The fourth-order valence-electron chi connectivity index (χ4n) is 3.97. The lowest BCUT2D eigenvalue weighted by Crippen LogP contribution is -2.45. The summed E-state index contributed by atoms with van der Waals surface area (Å²) in [6, 6.07) is 2.35. The van der Waals surface area contributed by atoms with Crippen molar-refractivity contribution in [2.45, 2.75) is 64.5 Å². The first-order valence-corrected chi connectivity index (χ1v) is 9.88. The number of likely N-dealkylation sites (tertiary alicyclic amines) is 1. The Hall–Kier alpha value is -1.95. The first-order valence-electron chi connectivity index (χ1n) is 9.88. The summed E-state index contributed by atoms with van der Waals surface area (Å²) >= 11 is 0. The minimum Gasteiger partial charge on any atom is -0.338 e. The van der Waals surface area contributed by atoms with Gasteiger partial charge in [0.1, 0.15) is 0 Å². The highest BCUT2D eigenvalue weighted by atomic mass is 16.2. The molecule has 0 bridgehead atoms. The van der Waals surface area contributed by atoms with Crippen LogP contribution in [0, 0.1) is 5.92 Å². The van der Waals surface area contributed by atoms with E-state index in [4.69, 9.17) is 10.7 Å². The Morgan fingerprint density at radius 1 is 1.27 bits per heavy atom. The minimum absolute atomic E-state index is 0.105. The number of fused-ring (bicyclic) bond motifs is 1. The summed E-state index contributed by atoms with van der Waals surface area (Å²) in [5.74, 6) is 0.985. The van der Waals surface area contributed by atoms with Crippen LogP contribution in [0.4, 0.5) is 0 Å². The van der Waals surface area contributed by atoms with Gasteiger partial charge in [-0.3, -0.25) is 4.79 Å². The lowest BCUT2D eigenvalue weighted by molar-refractivity contribution is 0.0663. The largest absolute Gasteiger partial charge is 0.338 e. The number of nitrogens with zero attached hydrogens (tertiary/aromatic N) is 4. The summed E-state index contributed by atoms with van der Waals surface area (Å²) in [6.45, 7) is 7.79. The summed E-state index contributed by atoms with van der Waals surface area (Å²) < 4.78 is 1.93. The summed E-state index contributed by atoms with van der Waals surface area (Å²) in [5.41, 5.74) is 8.75. The van der Waals surface area contributed by atoms with Gasteiger partial charge in [-0.2, -0.15) is 5.10 Å². The molecule has 0 aromatic carbocycles. The van der Waals surface area contributed by atoms with Crippen molar-refractivity contribution in [1.29, 1.82) is 0 Å². The molecule has 0 radical (unpaired) electrons. The molecule has 4 rings (SSSR count). The zero-order valence-corrected chi connectivity index (χ0v) is 16.0. The van der Waals surface area contributed by atoms with E-state index >= 15 is 0 Å². The van der Waals surface area contributed by atoms with E-state index in [1.165, 1.54) is 12.8 Å². The van der Waals surface area contributed by atoms with Crippen molar-refractivity contribution in [3.8, 4) is 0 Å². The Balaban J connectivity index is 1.74. The van der Waals surface area contributed by atoms with Gasteiger partial charge in [-0.15, -0.1) is 0 Å². The van der Waals surface area contributed by atoms with E-state index in [1.54, 1.807) is 6.20 Å². The van der Waals surface area contributed by atoms with E-state index < -0.39 is 0 Å². The molecule has 2 aliphatic rings. The average molecular weight is 355 g/mol. The summed E-state index contributed by atoms with van der Waals surface area (Å²) in [6.07, 6.45) is 6.26. The molecule has 1 saturated carbocycles. The maximum Gasteiger partial charge on any atom is 0.254 e. The lowest BCUT2D eigenvalue weighted by Gasteiger charge is -2.34. The minimum atomic E-state index is 0.105. The molecule has 1 aliphatic carbocycles. The van der Waals surface area contributed by atoms with Crippen LogP contribution < -0.4 is 5.73 Å². The van der Waals surface area contributed by atoms with Crippen molar-refractivity contribution < 1.29 is 4.79 Å². The predicted octanol–water partition coefficient (Wildman–Crippen LogP) is 3.09. The molecule has 6 nitrogen and oxygen atoms in total. The molecular formula is C20H29N5O. The number of nitrogens with two attached hydrogens (primary N) is 1. The molecule has 2 aromatic heterocycles. The summed E-state index contributed by atoms with van der Waals surface area (Å²) in [5, 5.41) is 5.38. The molecule has 140 valence electrons. The average Bonchev–Trinajstić information content (AvgIpc) is 3.39. The third-order valence-electron chi connectivity index (χ3n) is 5.79. The van der Waals surface area contributed by atoms with Crippen LogP contribution in [0.25, 0.3) is 11.0 Å². The van der Waals surface area contributed by atoms with Gasteiger partial charge in [0.05, 0.1) is 17.1 Å². The topological polar surface area (TPSA) is 77.0 Å². The maximum absolute atomic E-state index is 13.4. The fraction of sp³-hybridized carbons (Fsp3) is 0.650. The zero-order valence-electron chi connectivity index (χ0n) is 16.0. The third kappa shape index (κ3) is 3.11. The van der Waals surface area contributed by atoms with E-state index in [0.29, 0.717) is 11.8 Å². The number of amides is 1. The number of piperidine rings is 1. The highest BCUT2D eigenvalue weighted by molar-refractivity contribution is 6.05. The van der Waals surface area contributed by atoms with Gasteiger partial charge in [-0.05, 0) is 58.4 Å². The highest BCUT2D eigenvalue weighted by Gasteiger charge is 2.31.